The molecule has 0 bridgehead atoms. The molecule has 242 valence electrons. The topological polar surface area (TPSA) is 171 Å². The highest BCUT2D eigenvalue weighted by molar-refractivity contribution is 6.37. The minimum atomic E-state index is -1.27. The summed E-state index contributed by atoms with van der Waals surface area (Å²) in [4.78, 5) is 66.7. The summed E-state index contributed by atoms with van der Waals surface area (Å²) in [6, 6.07) is 6.18. The van der Waals surface area contributed by atoms with Gasteiger partial charge in [-0.2, -0.15) is 0 Å². The van der Waals surface area contributed by atoms with Crippen LogP contribution in [0.2, 0.25) is 0 Å². The Morgan fingerprint density at radius 1 is 0.977 bits per heavy atom. The van der Waals surface area contributed by atoms with Gasteiger partial charge in [-0.3, -0.25) is 19.2 Å². The van der Waals surface area contributed by atoms with Crippen LogP contribution in [0.25, 0.3) is 0 Å². The summed E-state index contributed by atoms with van der Waals surface area (Å²) >= 11 is 0. The van der Waals surface area contributed by atoms with Gasteiger partial charge in [0.25, 0.3) is 5.91 Å². The molecule has 1 aromatic carbocycles. The van der Waals surface area contributed by atoms with E-state index >= 15 is 0 Å². The van der Waals surface area contributed by atoms with Gasteiger partial charge in [0.1, 0.15) is 12.1 Å². The van der Waals surface area contributed by atoms with Gasteiger partial charge in [0.15, 0.2) is 0 Å². The maximum absolute atomic E-state index is 14.1. The first-order valence-electron chi connectivity index (χ1n) is 16.0. The number of Topliss-reactive ketones (excluding diaryl/α,β-unsaturated/α-hetero) is 1. The molecule has 1 unspecified atom stereocenters. The van der Waals surface area contributed by atoms with Crippen molar-refractivity contribution in [3.63, 3.8) is 0 Å². The minimum absolute atomic E-state index is 0.100. The Labute approximate surface area is 260 Å². The van der Waals surface area contributed by atoms with Crippen molar-refractivity contribution in [3.05, 3.63) is 35.9 Å². The number of nitrogens with one attached hydrogen (secondary N) is 3. The van der Waals surface area contributed by atoms with E-state index in [0.29, 0.717) is 6.42 Å². The maximum atomic E-state index is 14.1. The largest absolute Gasteiger partial charge is 0.390 e. The van der Waals surface area contributed by atoms with Gasteiger partial charge in [0, 0.05) is 12.1 Å². The number of nitrogens with two attached hydrogens (primary N) is 1. The van der Waals surface area contributed by atoms with Crippen molar-refractivity contribution in [1.82, 2.24) is 20.9 Å². The van der Waals surface area contributed by atoms with Crippen LogP contribution in [0, 0.1) is 11.3 Å². The second-order valence-corrected chi connectivity index (χ2v) is 14.1. The Hall–Kier alpha value is -3.47. The van der Waals surface area contributed by atoms with Gasteiger partial charge in [-0.15, -0.1) is 0 Å². The molecule has 3 fully saturated rings. The van der Waals surface area contributed by atoms with Crippen LogP contribution in [-0.2, 0) is 25.6 Å². The van der Waals surface area contributed by atoms with Crippen LogP contribution in [0.3, 0.4) is 0 Å². The molecule has 3 aliphatic rings. The van der Waals surface area contributed by atoms with E-state index in [9.17, 15) is 29.1 Å². The van der Waals surface area contributed by atoms with Crippen LogP contribution in [0.1, 0.15) is 90.5 Å². The third-order valence-electron chi connectivity index (χ3n) is 9.55. The molecule has 0 spiro atoms. The van der Waals surface area contributed by atoms with Gasteiger partial charge in [-0.1, -0.05) is 89.6 Å². The van der Waals surface area contributed by atoms with Crippen LogP contribution in [0.5, 0.6) is 0 Å². The number of urea groups is 1. The zero-order valence-electron chi connectivity index (χ0n) is 26.3. The molecule has 4 atom stereocenters. The number of ketones is 1. The summed E-state index contributed by atoms with van der Waals surface area (Å²) in [5.74, 6) is -3.06. The number of likely N-dealkylation sites (tertiary alicyclic amines) is 1. The third-order valence-corrected chi connectivity index (χ3v) is 9.55. The highest BCUT2D eigenvalue weighted by Crippen LogP contribution is 2.33. The molecular weight excluding hydrogens is 562 g/mol. The lowest BCUT2D eigenvalue weighted by atomic mass is 9.77. The standard InChI is InChI=1S/C33H49N5O6/c1-32(2,3)27(36-31(44)37-33(16-8-5-9-17-33)20-22-11-6-4-7-12-22)30(43)38-18-15-24(39)25(38)29(42)35-23(26(40)28(34)41)19-21-13-10-14-21/h4,6-7,11-12,21,23-25,27,39H,5,8-10,13-20H2,1-3H3,(H2,34,41)(H,35,42)(H2,36,37,44)/t23?,24-,25-,27+/m0/s1. The summed E-state index contributed by atoms with van der Waals surface area (Å²) in [6.07, 6.45) is 7.51. The Kier molecular flexibility index (Phi) is 10.7. The maximum Gasteiger partial charge on any atom is 0.315 e. The SMILES string of the molecule is CC(C)(C)[C@H](NC(=O)NC1(Cc2ccccc2)CCCCC1)C(=O)N1CC[C@H](O)[C@H]1C(=O)NC(CC1CCC1)C(=O)C(N)=O. The smallest absolute Gasteiger partial charge is 0.315 e. The number of amides is 5. The lowest BCUT2D eigenvalue weighted by molar-refractivity contribution is -0.145. The quantitative estimate of drug-likeness (QED) is 0.241. The van der Waals surface area contributed by atoms with Crippen molar-refractivity contribution >= 4 is 29.5 Å². The molecule has 6 N–H and O–H groups in total. The number of nitrogens with zero attached hydrogens (tertiary/aromatic N) is 1. The summed E-state index contributed by atoms with van der Waals surface area (Å²) < 4.78 is 0. The lowest BCUT2D eigenvalue weighted by Crippen LogP contribution is -2.63. The van der Waals surface area contributed by atoms with Crippen LogP contribution in [-0.4, -0.2) is 75.9 Å². The molecule has 11 nitrogen and oxygen atoms in total. The van der Waals surface area contributed by atoms with Gasteiger partial charge in [0.2, 0.25) is 17.6 Å². The number of carbonyl (C=O) groups is 5. The number of primary amides is 1. The number of aliphatic hydroxyl groups excluding tert-OH is 1. The third kappa shape index (κ3) is 8.16. The monoisotopic (exact) mass is 611 g/mol. The molecule has 1 heterocycles. The average molecular weight is 612 g/mol. The highest BCUT2D eigenvalue weighted by Gasteiger charge is 2.47. The molecule has 44 heavy (non-hydrogen) atoms. The highest BCUT2D eigenvalue weighted by atomic mass is 16.3. The average Bonchev–Trinajstić information content (AvgIpc) is 3.33. The van der Waals surface area contributed by atoms with Crippen molar-refractivity contribution in [1.29, 1.82) is 0 Å². The minimum Gasteiger partial charge on any atom is -0.390 e. The van der Waals surface area contributed by atoms with Crippen LogP contribution < -0.4 is 21.7 Å². The van der Waals surface area contributed by atoms with Gasteiger partial charge < -0.3 is 31.7 Å². The number of aliphatic hydroxyl groups is 1. The molecule has 1 aromatic rings. The fourth-order valence-corrected chi connectivity index (χ4v) is 6.85. The molecule has 1 aliphatic heterocycles. The summed E-state index contributed by atoms with van der Waals surface area (Å²) in [5, 5.41) is 19.5. The summed E-state index contributed by atoms with van der Waals surface area (Å²) in [6.45, 7) is 5.59. The fourth-order valence-electron chi connectivity index (χ4n) is 6.85. The van der Waals surface area contributed by atoms with Gasteiger partial charge in [-0.05, 0) is 49.0 Å². The number of rotatable bonds is 11. The Bertz CT molecular complexity index is 1200. The molecule has 4 rings (SSSR count). The predicted octanol–water partition coefficient (Wildman–Crippen LogP) is 2.34. The summed E-state index contributed by atoms with van der Waals surface area (Å²) in [5.41, 5.74) is 5.22. The molecule has 11 heteroatoms. The lowest BCUT2D eigenvalue weighted by Gasteiger charge is -2.40. The first-order valence-corrected chi connectivity index (χ1v) is 16.0. The van der Waals surface area contributed by atoms with E-state index in [1.807, 2.05) is 39.0 Å². The first-order chi connectivity index (χ1) is 20.8. The van der Waals surface area contributed by atoms with E-state index in [2.05, 4.69) is 28.1 Å². The molecule has 0 radical (unpaired) electrons. The van der Waals surface area contributed by atoms with Crippen molar-refractivity contribution < 1.29 is 29.1 Å². The molecule has 5 amide bonds. The molecular formula is C33H49N5O6. The van der Waals surface area contributed by atoms with E-state index in [1.165, 1.54) is 4.90 Å². The Morgan fingerprint density at radius 3 is 2.20 bits per heavy atom. The molecule has 1 saturated heterocycles. The van der Waals surface area contributed by atoms with Crippen molar-refractivity contribution in [2.75, 3.05) is 6.54 Å². The van der Waals surface area contributed by atoms with E-state index in [-0.39, 0.29) is 25.3 Å². The molecule has 0 aromatic heterocycles. The van der Waals surface area contributed by atoms with Crippen LogP contribution >= 0.6 is 0 Å². The van der Waals surface area contributed by atoms with Gasteiger partial charge in [0.05, 0.1) is 12.1 Å². The number of benzene rings is 1. The number of hydrogen-bond acceptors (Lipinski definition) is 6. The first kappa shape index (κ1) is 33.4. The van der Waals surface area contributed by atoms with E-state index in [0.717, 1.165) is 56.9 Å². The Balaban J connectivity index is 1.49. The second-order valence-electron chi connectivity index (χ2n) is 14.1. The van der Waals surface area contributed by atoms with Gasteiger partial charge in [-0.25, -0.2) is 4.79 Å². The van der Waals surface area contributed by atoms with E-state index in [4.69, 9.17) is 5.73 Å². The van der Waals surface area contributed by atoms with Gasteiger partial charge >= 0.3 is 6.03 Å². The normalized spacial score (nSPS) is 23.1. The van der Waals surface area contributed by atoms with Crippen molar-refractivity contribution in [3.8, 4) is 0 Å². The number of carbonyl (C=O) groups excluding carboxylic acids is 5. The molecule has 2 saturated carbocycles. The predicted molar refractivity (Wildman–Crippen MR) is 165 cm³/mol. The fraction of sp³-hybridized carbons (Fsp3) is 0.667. The van der Waals surface area contributed by atoms with Crippen LogP contribution in [0.4, 0.5) is 4.79 Å². The molecule has 2 aliphatic carbocycles. The zero-order chi connectivity index (χ0) is 32.1. The number of hydrogen-bond donors (Lipinski definition) is 5. The van der Waals surface area contributed by atoms with Crippen LogP contribution in [0.15, 0.2) is 30.3 Å². The van der Waals surface area contributed by atoms with E-state index in [1.54, 1.807) is 0 Å². The van der Waals surface area contributed by atoms with Crippen molar-refractivity contribution in [2.24, 2.45) is 17.1 Å². The van der Waals surface area contributed by atoms with E-state index < -0.39 is 64.7 Å². The Morgan fingerprint density at radius 2 is 1.64 bits per heavy atom. The summed E-state index contributed by atoms with van der Waals surface area (Å²) in [7, 11) is 0. The zero-order valence-corrected chi connectivity index (χ0v) is 26.3. The second kappa shape index (κ2) is 14.1. The van der Waals surface area contributed by atoms with Crippen molar-refractivity contribution in [2.45, 2.75) is 121 Å².